The highest BCUT2D eigenvalue weighted by Gasteiger charge is 2.09. The topological polar surface area (TPSA) is 94.3 Å². The largest absolute Gasteiger partial charge is 0.331 e. The number of hydrogen-bond donors (Lipinski definition) is 5. The van der Waals surface area contributed by atoms with E-state index < -0.39 is 18.2 Å². The third kappa shape index (κ3) is 6.73. The fourth-order valence-electron chi connectivity index (χ4n) is 1.84. The van der Waals surface area contributed by atoms with Crippen molar-refractivity contribution in [3.05, 3.63) is 59.9 Å². The maximum atomic E-state index is 12.8. The number of hydrogen-bond acceptors (Lipinski definition) is 4. The fraction of sp³-hybridized carbons (Fsp3) is 0.118. The fourth-order valence-corrected chi connectivity index (χ4v) is 2.00. The van der Waals surface area contributed by atoms with Crippen LogP contribution in [0.15, 0.2) is 48.5 Å². The highest BCUT2D eigenvalue weighted by Crippen LogP contribution is 2.08. The first-order valence-corrected chi connectivity index (χ1v) is 8.06. The lowest BCUT2D eigenvalue weighted by molar-refractivity contribution is -0.129. The first-order valence-electron chi connectivity index (χ1n) is 7.65. The van der Waals surface area contributed by atoms with Crippen molar-refractivity contribution in [2.75, 3.05) is 10.7 Å². The van der Waals surface area contributed by atoms with E-state index in [4.69, 9.17) is 12.2 Å². The van der Waals surface area contributed by atoms with Gasteiger partial charge in [0.25, 0.3) is 0 Å². The third-order valence-electron chi connectivity index (χ3n) is 3.14. The standard InChI is InChI=1S/C17H18FN5O2S/c1-11-2-6-13(7-3-11)19-17(26)23-22-16(25)10-15(24)21-20-14-8-4-12(18)5-9-14/h2-9,20H,10H2,1H3,(H,21,24)(H,22,25)(H2,19,23,26). The Balaban J connectivity index is 1.67. The summed E-state index contributed by atoms with van der Waals surface area (Å²) in [7, 11) is 0. The van der Waals surface area contributed by atoms with E-state index in [1.165, 1.54) is 24.3 Å². The number of hydrazine groups is 2. The molecular weight excluding hydrogens is 357 g/mol. The number of halogens is 1. The Morgan fingerprint density at radius 3 is 2.12 bits per heavy atom. The quantitative estimate of drug-likeness (QED) is 0.312. The Morgan fingerprint density at radius 1 is 0.885 bits per heavy atom. The van der Waals surface area contributed by atoms with E-state index >= 15 is 0 Å². The number of benzene rings is 2. The Morgan fingerprint density at radius 2 is 1.46 bits per heavy atom. The molecule has 5 N–H and O–H groups in total. The molecule has 7 nitrogen and oxygen atoms in total. The van der Waals surface area contributed by atoms with Crippen LogP contribution in [-0.2, 0) is 9.59 Å². The highest BCUT2D eigenvalue weighted by atomic mass is 32.1. The van der Waals surface area contributed by atoms with Crippen molar-refractivity contribution in [3.8, 4) is 0 Å². The molecule has 0 aliphatic rings. The lowest BCUT2D eigenvalue weighted by Gasteiger charge is -2.12. The van der Waals surface area contributed by atoms with Gasteiger partial charge >= 0.3 is 0 Å². The Labute approximate surface area is 155 Å². The Bertz CT molecular complexity index is 781. The normalized spacial score (nSPS) is 9.77. The molecule has 2 rings (SSSR count). The zero-order valence-corrected chi connectivity index (χ0v) is 14.7. The van der Waals surface area contributed by atoms with Crippen LogP contribution in [0.2, 0.25) is 0 Å². The molecule has 0 radical (unpaired) electrons. The van der Waals surface area contributed by atoms with Gasteiger partial charge in [-0.2, -0.15) is 0 Å². The molecule has 0 unspecified atom stereocenters. The number of carbonyl (C=O) groups is 2. The first-order chi connectivity index (χ1) is 12.4. The molecule has 26 heavy (non-hydrogen) atoms. The second kappa shape index (κ2) is 9.33. The van der Waals surface area contributed by atoms with E-state index in [0.717, 1.165) is 11.3 Å². The molecule has 9 heteroatoms. The van der Waals surface area contributed by atoms with Gasteiger partial charge in [0.05, 0.1) is 5.69 Å². The molecule has 0 aliphatic carbocycles. The monoisotopic (exact) mass is 375 g/mol. The third-order valence-corrected chi connectivity index (χ3v) is 3.34. The van der Waals surface area contributed by atoms with E-state index in [-0.39, 0.29) is 10.9 Å². The highest BCUT2D eigenvalue weighted by molar-refractivity contribution is 7.80. The molecule has 0 aliphatic heterocycles. The number of aryl methyl sites for hydroxylation is 1. The smallest absolute Gasteiger partial charge is 0.247 e. The molecular formula is C17H18FN5O2S. The summed E-state index contributed by atoms with van der Waals surface area (Å²) in [6.07, 6.45) is -0.422. The molecule has 0 saturated heterocycles. The van der Waals surface area contributed by atoms with Crippen LogP contribution in [0.5, 0.6) is 0 Å². The van der Waals surface area contributed by atoms with Gasteiger partial charge < -0.3 is 5.32 Å². The lowest BCUT2D eigenvalue weighted by atomic mass is 10.2. The number of carbonyl (C=O) groups excluding carboxylic acids is 2. The molecule has 2 amide bonds. The van der Waals surface area contributed by atoms with Crippen LogP contribution in [0.3, 0.4) is 0 Å². The van der Waals surface area contributed by atoms with Gasteiger partial charge in [0.2, 0.25) is 11.8 Å². The maximum absolute atomic E-state index is 12.8. The number of amides is 2. The summed E-state index contributed by atoms with van der Waals surface area (Å²) in [5.41, 5.74) is 12.1. The van der Waals surface area contributed by atoms with Crippen LogP contribution >= 0.6 is 12.2 Å². The van der Waals surface area contributed by atoms with Gasteiger partial charge in [-0.1, -0.05) is 17.7 Å². The van der Waals surface area contributed by atoms with Gasteiger partial charge in [-0.05, 0) is 55.5 Å². The zero-order chi connectivity index (χ0) is 18.9. The summed E-state index contributed by atoms with van der Waals surface area (Å²) in [5, 5.41) is 3.08. The number of nitrogens with one attached hydrogen (secondary N) is 5. The predicted octanol–water partition coefficient (Wildman–Crippen LogP) is 1.99. The Kier molecular flexibility index (Phi) is 6.86. The number of anilines is 2. The zero-order valence-electron chi connectivity index (χ0n) is 13.9. The second-order valence-electron chi connectivity index (χ2n) is 5.35. The number of thiocarbonyl (C=S) groups is 1. The van der Waals surface area contributed by atoms with Gasteiger partial charge in [-0.15, -0.1) is 0 Å². The van der Waals surface area contributed by atoms with Crippen molar-refractivity contribution in [1.29, 1.82) is 0 Å². The summed E-state index contributed by atoms with van der Waals surface area (Å²) >= 11 is 5.05. The summed E-state index contributed by atoms with van der Waals surface area (Å²) < 4.78 is 12.8. The minimum Gasteiger partial charge on any atom is -0.331 e. The van der Waals surface area contributed by atoms with E-state index in [9.17, 15) is 14.0 Å². The molecule has 0 spiro atoms. The van der Waals surface area contributed by atoms with Crippen molar-refractivity contribution in [2.24, 2.45) is 0 Å². The first kappa shape index (κ1) is 19.1. The second-order valence-corrected chi connectivity index (χ2v) is 5.76. The van der Waals surface area contributed by atoms with Gasteiger partial charge in [0, 0.05) is 5.69 Å². The summed E-state index contributed by atoms with van der Waals surface area (Å²) in [5.74, 6) is -1.52. The molecule has 136 valence electrons. The van der Waals surface area contributed by atoms with Gasteiger partial charge in [-0.3, -0.25) is 31.3 Å². The predicted molar refractivity (Wildman–Crippen MR) is 101 cm³/mol. The van der Waals surface area contributed by atoms with Gasteiger partial charge in [0.15, 0.2) is 5.11 Å². The van der Waals surface area contributed by atoms with Gasteiger partial charge in [0.1, 0.15) is 12.2 Å². The van der Waals surface area contributed by atoms with Crippen LogP contribution in [0.25, 0.3) is 0 Å². The molecule has 0 heterocycles. The average molecular weight is 375 g/mol. The maximum Gasteiger partial charge on any atom is 0.247 e. The molecule has 0 aromatic heterocycles. The molecule has 0 fully saturated rings. The van der Waals surface area contributed by atoms with Crippen molar-refractivity contribution >= 4 is 40.5 Å². The van der Waals surface area contributed by atoms with Crippen molar-refractivity contribution in [3.63, 3.8) is 0 Å². The van der Waals surface area contributed by atoms with Crippen molar-refractivity contribution in [2.45, 2.75) is 13.3 Å². The van der Waals surface area contributed by atoms with Crippen LogP contribution < -0.4 is 27.0 Å². The van der Waals surface area contributed by atoms with E-state index in [2.05, 4.69) is 27.0 Å². The van der Waals surface area contributed by atoms with Crippen LogP contribution in [0, 0.1) is 12.7 Å². The van der Waals surface area contributed by atoms with Crippen molar-refractivity contribution < 1.29 is 14.0 Å². The SMILES string of the molecule is Cc1ccc(NC(=S)NNC(=O)CC(=O)NNc2ccc(F)cc2)cc1. The number of rotatable bonds is 5. The lowest BCUT2D eigenvalue weighted by Crippen LogP contribution is -2.45. The van der Waals surface area contributed by atoms with Crippen LogP contribution in [-0.4, -0.2) is 16.9 Å². The van der Waals surface area contributed by atoms with E-state index in [1.807, 2.05) is 31.2 Å². The molecule has 0 saturated carbocycles. The minimum atomic E-state index is -0.573. The molecule has 2 aromatic carbocycles. The molecule has 0 bridgehead atoms. The van der Waals surface area contributed by atoms with Gasteiger partial charge in [-0.25, -0.2) is 4.39 Å². The molecule has 0 atom stereocenters. The van der Waals surface area contributed by atoms with Crippen molar-refractivity contribution in [1.82, 2.24) is 16.3 Å². The summed E-state index contributed by atoms with van der Waals surface area (Å²) in [6, 6.07) is 12.9. The van der Waals surface area contributed by atoms with E-state index in [0.29, 0.717) is 5.69 Å². The van der Waals surface area contributed by atoms with Crippen LogP contribution in [0.1, 0.15) is 12.0 Å². The summed E-state index contributed by atoms with van der Waals surface area (Å²) in [4.78, 5) is 23.4. The Hall–Kier alpha value is -3.20. The minimum absolute atomic E-state index is 0.187. The average Bonchev–Trinajstić information content (AvgIpc) is 2.61. The van der Waals surface area contributed by atoms with Crippen LogP contribution in [0.4, 0.5) is 15.8 Å². The summed E-state index contributed by atoms with van der Waals surface area (Å²) in [6.45, 7) is 1.97. The molecule has 2 aromatic rings. The van der Waals surface area contributed by atoms with E-state index in [1.54, 1.807) is 0 Å².